The summed E-state index contributed by atoms with van der Waals surface area (Å²) < 4.78 is 28.9. The molecule has 3 nitrogen and oxygen atoms in total. The summed E-state index contributed by atoms with van der Waals surface area (Å²) in [5.74, 6) is 0. The van der Waals surface area contributed by atoms with Crippen LogP contribution in [0.15, 0.2) is 0 Å². The number of unbranched alkanes of at least 4 members (excludes halogenated alkanes) is 5. The first-order valence-corrected chi connectivity index (χ1v) is 7.14. The van der Waals surface area contributed by atoms with E-state index in [0.717, 1.165) is 19.3 Å². The summed E-state index contributed by atoms with van der Waals surface area (Å²) in [6.45, 7) is 2.15. The second-order valence-corrected chi connectivity index (χ2v) is 6.10. The van der Waals surface area contributed by atoms with Crippen LogP contribution in [0, 0.1) is 0 Å². The minimum Gasteiger partial charge on any atom is -0.285 e. The highest BCUT2D eigenvalue weighted by atomic mass is 32.3. The fourth-order valence-electron chi connectivity index (χ4n) is 1.25. The summed E-state index contributed by atoms with van der Waals surface area (Å²) >= 11 is 3.82. The molecule has 0 aromatic rings. The molecule has 0 radical (unpaired) electrons. The Morgan fingerprint density at radius 2 is 1.64 bits per heavy atom. The lowest BCUT2D eigenvalue weighted by Crippen LogP contribution is -2.13. The first kappa shape index (κ1) is 14.3. The second kappa shape index (κ2) is 7.54. The fraction of sp³-hybridized carbons (Fsp3) is 1.00. The Hall–Kier alpha value is 0.260. The molecule has 0 amide bonds. The molecule has 0 fully saturated rings. The molecular formula is C9H20O3S2. The van der Waals surface area contributed by atoms with Gasteiger partial charge < -0.3 is 0 Å². The van der Waals surface area contributed by atoms with Crippen molar-refractivity contribution in [3.63, 3.8) is 0 Å². The van der Waals surface area contributed by atoms with E-state index in [1.54, 1.807) is 0 Å². The van der Waals surface area contributed by atoms with Gasteiger partial charge in [-0.15, -0.1) is 0 Å². The molecule has 0 spiro atoms. The second-order valence-electron chi connectivity index (χ2n) is 3.53. The Morgan fingerprint density at radius 1 is 1.14 bits per heavy atom. The van der Waals surface area contributed by atoms with Crippen molar-refractivity contribution in [2.45, 2.75) is 56.5 Å². The molecule has 1 unspecified atom stereocenters. The predicted molar refractivity (Wildman–Crippen MR) is 62.3 cm³/mol. The number of thiol groups is 1. The quantitative estimate of drug-likeness (QED) is 0.390. The molecule has 0 aromatic heterocycles. The first-order chi connectivity index (χ1) is 6.48. The van der Waals surface area contributed by atoms with E-state index < -0.39 is 14.7 Å². The number of hydrogen-bond donors (Lipinski definition) is 2. The van der Waals surface area contributed by atoms with E-state index in [1.165, 1.54) is 19.3 Å². The molecule has 0 aliphatic heterocycles. The molecule has 0 saturated carbocycles. The maximum Gasteiger partial charge on any atom is 0.276 e. The van der Waals surface area contributed by atoms with Gasteiger partial charge in [0.2, 0.25) is 0 Å². The predicted octanol–water partition coefficient (Wildman–Crippen LogP) is 2.88. The van der Waals surface area contributed by atoms with E-state index in [1.807, 2.05) is 0 Å². The summed E-state index contributed by atoms with van der Waals surface area (Å²) in [5, 5.41) is 0. The molecule has 5 heteroatoms. The summed E-state index contributed by atoms with van der Waals surface area (Å²) in [6, 6.07) is 0. The fourth-order valence-corrected chi connectivity index (χ4v) is 1.90. The van der Waals surface area contributed by atoms with Gasteiger partial charge in [0, 0.05) is 0 Å². The van der Waals surface area contributed by atoms with E-state index >= 15 is 0 Å². The zero-order valence-corrected chi connectivity index (χ0v) is 10.4. The average Bonchev–Trinajstić information content (AvgIpc) is 2.09. The van der Waals surface area contributed by atoms with Crippen molar-refractivity contribution in [3.8, 4) is 0 Å². The zero-order chi connectivity index (χ0) is 11.0. The maximum atomic E-state index is 10.6. The Bertz CT molecular complexity index is 224. The van der Waals surface area contributed by atoms with Crippen LogP contribution >= 0.6 is 12.6 Å². The van der Waals surface area contributed by atoms with E-state index in [-0.39, 0.29) is 0 Å². The van der Waals surface area contributed by atoms with Crippen LogP contribution in [0.1, 0.15) is 51.9 Å². The summed E-state index contributed by atoms with van der Waals surface area (Å²) in [5.41, 5.74) is 0. The molecule has 1 N–H and O–H groups in total. The van der Waals surface area contributed by atoms with E-state index in [4.69, 9.17) is 4.55 Å². The largest absolute Gasteiger partial charge is 0.285 e. The lowest BCUT2D eigenvalue weighted by Gasteiger charge is -2.06. The van der Waals surface area contributed by atoms with Crippen molar-refractivity contribution >= 4 is 22.7 Å². The van der Waals surface area contributed by atoms with Crippen LogP contribution in [0.25, 0.3) is 0 Å². The molecule has 0 aliphatic carbocycles. The summed E-state index contributed by atoms with van der Waals surface area (Å²) in [7, 11) is -3.94. The highest BCUT2D eigenvalue weighted by molar-refractivity contribution is 8.01. The van der Waals surface area contributed by atoms with Crippen LogP contribution in [0.5, 0.6) is 0 Å². The smallest absolute Gasteiger partial charge is 0.276 e. The van der Waals surface area contributed by atoms with Crippen molar-refractivity contribution in [1.29, 1.82) is 0 Å². The van der Waals surface area contributed by atoms with Gasteiger partial charge in [-0.05, 0) is 6.42 Å². The van der Waals surface area contributed by atoms with Gasteiger partial charge in [-0.1, -0.05) is 45.4 Å². The third kappa shape index (κ3) is 7.64. The van der Waals surface area contributed by atoms with Crippen LogP contribution in [-0.2, 0) is 10.1 Å². The molecule has 0 bridgehead atoms. The highest BCUT2D eigenvalue weighted by Gasteiger charge is 2.16. The van der Waals surface area contributed by atoms with Crippen molar-refractivity contribution in [2.75, 3.05) is 0 Å². The number of rotatable bonds is 8. The van der Waals surface area contributed by atoms with Crippen LogP contribution in [-0.4, -0.2) is 17.6 Å². The van der Waals surface area contributed by atoms with Crippen molar-refractivity contribution in [3.05, 3.63) is 0 Å². The van der Waals surface area contributed by atoms with Gasteiger partial charge in [0.1, 0.15) is 4.58 Å². The van der Waals surface area contributed by atoms with E-state index in [2.05, 4.69) is 19.6 Å². The maximum absolute atomic E-state index is 10.6. The van der Waals surface area contributed by atoms with Crippen molar-refractivity contribution < 1.29 is 13.0 Å². The Labute approximate surface area is 92.4 Å². The normalized spacial score (nSPS) is 14.2. The van der Waals surface area contributed by atoms with E-state index in [9.17, 15) is 8.42 Å². The zero-order valence-electron chi connectivity index (χ0n) is 8.65. The SMILES string of the molecule is CCCCCCCCC(S)S(=O)(=O)O. The topological polar surface area (TPSA) is 54.4 Å². The molecule has 0 aromatic carbocycles. The van der Waals surface area contributed by atoms with Gasteiger partial charge in [0.15, 0.2) is 0 Å². The Kier molecular flexibility index (Phi) is 7.68. The average molecular weight is 240 g/mol. The molecular weight excluding hydrogens is 220 g/mol. The standard InChI is InChI=1S/C9H20O3S2/c1-2-3-4-5-6-7-8-9(13)14(10,11)12/h9,13H,2-8H2,1H3,(H,10,11,12). The van der Waals surface area contributed by atoms with Crippen LogP contribution < -0.4 is 0 Å². The lowest BCUT2D eigenvalue weighted by molar-refractivity contribution is 0.474. The van der Waals surface area contributed by atoms with Gasteiger partial charge >= 0.3 is 0 Å². The van der Waals surface area contributed by atoms with Gasteiger partial charge in [0.05, 0.1) is 0 Å². The summed E-state index contributed by atoms with van der Waals surface area (Å²) in [6.07, 6.45) is 7.07. The Balaban J connectivity index is 3.37. The monoisotopic (exact) mass is 240 g/mol. The molecule has 86 valence electrons. The minimum absolute atomic E-state index is 0.439. The first-order valence-electron chi connectivity index (χ1n) is 5.13. The van der Waals surface area contributed by atoms with E-state index in [0.29, 0.717) is 6.42 Å². The third-order valence-corrected chi connectivity index (χ3v) is 4.13. The number of hydrogen-bond acceptors (Lipinski definition) is 3. The third-order valence-electron chi connectivity index (χ3n) is 2.15. The van der Waals surface area contributed by atoms with Crippen LogP contribution in [0.2, 0.25) is 0 Å². The van der Waals surface area contributed by atoms with Crippen LogP contribution in [0.3, 0.4) is 0 Å². The lowest BCUT2D eigenvalue weighted by atomic mass is 10.1. The van der Waals surface area contributed by atoms with Crippen molar-refractivity contribution in [1.82, 2.24) is 0 Å². The molecule has 14 heavy (non-hydrogen) atoms. The highest BCUT2D eigenvalue weighted by Crippen LogP contribution is 2.14. The van der Waals surface area contributed by atoms with Crippen molar-refractivity contribution in [2.24, 2.45) is 0 Å². The molecule has 1 atom stereocenters. The van der Waals surface area contributed by atoms with Gasteiger partial charge in [-0.25, -0.2) is 0 Å². The van der Waals surface area contributed by atoms with Gasteiger partial charge in [-0.2, -0.15) is 21.0 Å². The van der Waals surface area contributed by atoms with Gasteiger partial charge in [0.25, 0.3) is 10.1 Å². The molecule has 0 rings (SSSR count). The van der Waals surface area contributed by atoms with Crippen LogP contribution in [0.4, 0.5) is 0 Å². The minimum atomic E-state index is -3.94. The molecule has 0 heterocycles. The van der Waals surface area contributed by atoms with Gasteiger partial charge in [-0.3, -0.25) is 4.55 Å². The molecule has 0 saturated heterocycles. The molecule has 0 aliphatic rings. The summed E-state index contributed by atoms with van der Waals surface area (Å²) in [4.78, 5) is 0. The Morgan fingerprint density at radius 3 is 2.14 bits per heavy atom.